The van der Waals surface area contributed by atoms with E-state index in [9.17, 15) is 28.8 Å². The van der Waals surface area contributed by atoms with Gasteiger partial charge in [-0.05, 0) is 59.2 Å². The molecule has 1 heterocycles. The topological polar surface area (TPSA) is 186 Å². The lowest BCUT2D eigenvalue weighted by Crippen LogP contribution is -2.62. The fourth-order valence-corrected chi connectivity index (χ4v) is 6.85. The van der Waals surface area contributed by atoms with Gasteiger partial charge in [0.2, 0.25) is 17.6 Å². The van der Waals surface area contributed by atoms with Crippen molar-refractivity contribution in [1.82, 2.24) is 20.9 Å². The summed E-state index contributed by atoms with van der Waals surface area (Å²) in [7, 11) is 0. The van der Waals surface area contributed by atoms with Crippen molar-refractivity contribution in [3.05, 3.63) is 0 Å². The Morgan fingerprint density at radius 2 is 1.51 bits per heavy atom. The Kier molecular flexibility index (Phi) is 10.6. The van der Waals surface area contributed by atoms with Gasteiger partial charge in [-0.15, -0.1) is 0 Å². The second-order valence-electron chi connectivity index (χ2n) is 16.9. The lowest BCUT2D eigenvalue weighted by atomic mass is 9.80. The van der Waals surface area contributed by atoms with Gasteiger partial charge in [0.25, 0.3) is 5.91 Å². The molecule has 0 aromatic carbocycles. The number of nitrogens with two attached hydrogens (primary N) is 1. The number of likely N-dealkylation sites (tertiary alicyclic amines) is 1. The van der Waals surface area contributed by atoms with E-state index in [-0.39, 0.29) is 29.8 Å². The number of ketones is 1. The molecule has 4 rings (SSSR count). The molecule has 3 saturated carbocycles. The van der Waals surface area contributed by atoms with Gasteiger partial charge < -0.3 is 36.1 Å². The first-order valence-corrected chi connectivity index (χ1v) is 17.0. The number of nitrogens with one attached hydrogen (secondary N) is 3. The molecule has 1 saturated heterocycles. The first-order valence-electron chi connectivity index (χ1n) is 17.0. The summed E-state index contributed by atoms with van der Waals surface area (Å²) >= 11 is 0. The summed E-state index contributed by atoms with van der Waals surface area (Å²) < 4.78 is 10.5. The summed E-state index contributed by atoms with van der Waals surface area (Å²) in [4.78, 5) is 79.8. The van der Waals surface area contributed by atoms with Crippen molar-refractivity contribution >= 4 is 35.7 Å². The number of Topliss-reactive ketones (excluding diaryl/α,β-unsaturated/α-hetero) is 1. The van der Waals surface area contributed by atoms with E-state index in [0.717, 1.165) is 32.1 Å². The Morgan fingerprint density at radius 3 is 2.02 bits per heavy atom. The van der Waals surface area contributed by atoms with Crippen molar-refractivity contribution in [3.63, 3.8) is 0 Å². The van der Waals surface area contributed by atoms with Crippen LogP contribution in [0.25, 0.3) is 0 Å². The van der Waals surface area contributed by atoms with Crippen LogP contribution in [0.2, 0.25) is 0 Å². The average Bonchev–Trinajstić information content (AvgIpc) is 3.80. The standard InChI is InChI=1S/C34H55N5O8/c1-32(2,3)22(17-47-31(45)46-16-19-12-13-19)37-30(44)38-26(33(4,5)6)29(43)39-15-20-23(34(20,7)8)24(39)28(42)36-21(25(40)27(35)41)14-18-10-9-11-18/h18-24,26H,9-17H2,1-8H3,(H2,35,41)(H,36,42)(H2,37,38,44)/t20?,21?,22-,23?,24+,26-/m1/s1. The van der Waals surface area contributed by atoms with E-state index >= 15 is 0 Å². The number of rotatable bonds is 13. The van der Waals surface area contributed by atoms with Gasteiger partial charge in [-0.1, -0.05) is 74.7 Å². The summed E-state index contributed by atoms with van der Waals surface area (Å²) in [5.41, 5.74) is 3.89. The zero-order chi connectivity index (χ0) is 35.1. The van der Waals surface area contributed by atoms with Crippen molar-refractivity contribution in [1.29, 1.82) is 0 Å². The molecule has 4 fully saturated rings. The molecule has 5 N–H and O–H groups in total. The number of carbonyl (C=O) groups is 6. The van der Waals surface area contributed by atoms with E-state index in [1.54, 1.807) is 0 Å². The Balaban J connectivity index is 1.46. The summed E-state index contributed by atoms with van der Waals surface area (Å²) in [6.45, 7) is 15.8. The number of ether oxygens (including phenoxy) is 2. The zero-order valence-electron chi connectivity index (χ0n) is 29.3. The zero-order valence-corrected chi connectivity index (χ0v) is 29.3. The van der Waals surface area contributed by atoms with Crippen LogP contribution < -0.4 is 21.7 Å². The van der Waals surface area contributed by atoms with Crippen LogP contribution in [0, 0.1) is 39.9 Å². The SMILES string of the molecule is CC1(C)C2CN(C(=O)[C@@H](NC(=O)N[C@H](COC(=O)OCC3CC3)C(C)(C)C)C(C)(C)C)[C@H](C(=O)NC(CC3CCC3)C(=O)C(N)=O)C21. The summed E-state index contributed by atoms with van der Waals surface area (Å²) in [5.74, 6) is -2.32. The second kappa shape index (κ2) is 13.6. The third-order valence-electron chi connectivity index (χ3n) is 10.7. The van der Waals surface area contributed by atoms with Crippen molar-refractivity contribution in [2.24, 2.45) is 45.7 Å². The fourth-order valence-electron chi connectivity index (χ4n) is 6.85. The number of nitrogens with zero attached hydrogens (tertiary/aromatic N) is 1. The Hall–Kier alpha value is -3.38. The number of primary amides is 1. The van der Waals surface area contributed by atoms with Gasteiger partial charge in [-0.3, -0.25) is 19.2 Å². The molecule has 4 aliphatic rings. The van der Waals surface area contributed by atoms with Crippen molar-refractivity contribution in [2.45, 2.75) is 118 Å². The van der Waals surface area contributed by atoms with E-state index < -0.39 is 70.7 Å². The predicted octanol–water partition coefficient (Wildman–Crippen LogP) is 2.89. The summed E-state index contributed by atoms with van der Waals surface area (Å²) in [5, 5.41) is 8.49. The first-order chi connectivity index (χ1) is 21.7. The molecule has 5 amide bonds. The normalized spacial score (nSPS) is 25.3. The molecular formula is C34H55N5O8. The highest BCUT2D eigenvalue weighted by molar-refractivity contribution is 6.37. The molecule has 6 atom stereocenters. The van der Waals surface area contributed by atoms with Crippen LogP contribution in [-0.2, 0) is 28.7 Å². The predicted molar refractivity (Wildman–Crippen MR) is 173 cm³/mol. The minimum absolute atomic E-state index is 0.0654. The highest BCUT2D eigenvalue weighted by Crippen LogP contribution is 2.65. The maximum atomic E-state index is 14.3. The lowest BCUT2D eigenvalue weighted by molar-refractivity contribution is -0.145. The maximum absolute atomic E-state index is 14.3. The molecule has 47 heavy (non-hydrogen) atoms. The van der Waals surface area contributed by atoms with Gasteiger partial charge in [-0.2, -0.15) is 0 Å². The molecule has 0 aromatic heterocycles. The minimum atomic E-state index is -1.10. The molecule has 0 radical (unpaired) electrons. The number of urea groups is 1. The van der Waals surface area contributed by atoms with Crippen LogP contribution in [-0.4, -0.2) is 84.5 Å². The van der Waals surface area contributed by atoms with E-state index in [0.29, 0.717) is 25.5 Å². The molecule has 3 aliphatic carbocycles. The monoisotopic (exact) mass is 661 g/mol. The lowest BCUT2D eigenvalue weighted by Gasteiger charge is -2.38. The third kappa shape index (κ3) is 8.76. The van der Waals surface area contributed by atoms with E-state index in [4.69, 9.17) is 15.2 Å². The van der Waals surface area contributed by atoms with Gasteiger partial charge in [-0.25, -0.2) is 9.59 Å². The quantitative estimate of drug-likeness (QED) is 0.171. The number of carbonyl (C=O) groups excluding carboxylic acids is 6. The smallest absolute Gasteiger partial charge is 0.434 e. The fraction of sp³-hybridized carbons (Fsp3) is 0.824. The Labute approximate surface area is 278 Å². The molecule has 1 aliphatic heterocycles. The molecule has 264 valence electrons. The van der Waals surface area contributed by atoms with Crippen LogP contribution >= 0.6 is 0 Å². The Bertz CT molecular complexity index is 1250. The molecule has 0 bridgehead atoms. The largest absolute Gasteiger partial charge is 0.508 e. The number of fused-ring (bicyclic) bond motifs is 1. The second-order valence-corrected chi connectivity index (χ2v) is 16.9. The van der Waals surface area contributed by atoms with Gasteiger partial charge in [0.15, 0.2) is 0 Å². The van der Waals surface area contributed by atoms with Crippen molar-refractivity contribution < 1.29 is 38.2 Å². The number of amides is 5. The first kappa shape index (κ1) is 36.5. The van der Waals surface area contributed by atoms with E-state index in [2.05, 4.69) is 16.0 Å². The number of piperidine rings is 1. The molecule has 13 nitrogen and oxygen atoms in total. The van der Waals surface area contributed by atoms with Gasteiger partial charge >= 0.3 is 12.2 Å². The highest BCUT2D eigenvalue weighted by Gasteiger charge is 2.70. The molecule has 0 aromatic rings. The molecular weight excluding hydrogens is 606 g/mol. The maximum Gasteiger partial charge on any atom is 0.508 e. The van der Waals surface area contributed by atoms with Crippen molar-refractivity contribution in [3.8, 4) is 0 Å². The minimum Gasteiger partial charge on any atom is -0.434 e. The number of hydrogen-bond acceptors (Lipinski definition) is 8. The summed E-state index contributed by atoms with van der Waals surface area (Å²) in [6.07, 6.45) is 4.47. The molecule has 0 spiro atoms. The van der Waals surface area contributed by atoms with Crippen molar-refractivity contribution in [2.75, 3.05) is 19.8 Å². The average molecular weight is 662 g/mol. The van der Waals surface area contributed by atoms with E-state index in [1.807, 2.05) is 55.4 Å². The van der Waals surface area contributed by atoms with Gasteiger partial charge in [0.05, 0.1) is 18.7 Å². The van der Waals surface area contributed by atoms with Crippen LogP contribution in [0.4, 0.5) is 9.59 Å². The van der Waals surface area contributed by atoms with Crippen LogP contribution in [0.5, 0.6) is 0 Å². The number of hydrogen-bond donors (Lipinski definition) is 4. The molecule has 13 heteroatoms. The molecule has 3 unspecified atom stereocenters. The van der Waals surface area contributed by atoms with Gasteiger partial charge in [0.1, 0.15) is 18.7 Å². The van der Waals surface area contributed by atoms with Gasteiger partial charge in [0, 0.05) is 6.54 Å². The Morgan fingerprint density at radius 1 is 0.872 bits per heavy atom. The third-order valence-corrected chi connectivity index (χ3v) is 10.7. The van der Waals surface area contributed by atoms with Crippen LogP contribution in [0.3, 0.4) is 0 Å². The van der Waals surface area contributed by atoms with Crippen LogP contribution in [0.15, 0.2) is 0 Å². The van der Waals surface area contributed by atoms with Crippen LogP contribution in [0.1, 0.15) is 93.9 Å². The highest BCUT2D eigenvalue weighted by atomic mass is 16.7. The summed E-state index contributed by atoms with van der Waals surface area (Å²) in [6, 6.07) is -4.15. The van der Waals surface area contributed by atoms with E-state index in [1.165, 1.54) is 4.90 Å².